The summed E-state index contributed by atoms with van der Waals surface area (Å²) in [5.74, 6) is 0.518. The maximum absolute atomic E-state index is 6.68. The van der Waals surface area contributed by atoms with Gasteiger partial charge in [-0.1, -0.05) is 74.5 Å². The third-order valence-electron chi connectivity index (χ3n) is 4.63. The lowest BCUT2D eigenvalue weighted by Crippen LogP contribution is -2.48. The Bertz CT molecular complexity index is 625. The fourth-order valence-electron chi connectivity index (χ4n) is 3.35. The first-order valence-electron chi connectivity index (χ1n) is 9.68. The number of benzene rings is 2. The van der Waals surface area contributed by atoms with E-state index in [1.54, 1.807) is 7.11 Å². The van der Waals surface area contributed by atoms with Crippen LogP contribution in [0.3, 0.4) is 0 Å². The smallest absolute Gasteiger partial charge is 0.240 e. The van der Waals surface area contributed by atoms with Crippen LogP contribution in [0.4, 0.5) is 0 Å². The SMILES string of the molecule is COC1O[C@H](COCC(C)C)C[C@H]1O[SiH](c1ccccc1)c1ccccc1. The second-order valence-electron chi connectivity index (χ2n) is 7.41. The highest BCUT2D eigenvalue weighted by Crippen LogP contribution is 2.25. The number of hydrogen-bond acceptors (Lipinski definition) is 4. The van der Waals surface area contributed by atoms with Crippen LogP contribution in [-0.2, 0) is 18.6 Å². The van der Waals surface area contributed by atoms with Gasteiger partial charge < -0.3 is 18.6 Å². The minimum atomic E-state index is -1.83. The van der Waals surface area contributed by atoms with Crippen molar-refractivity contribution >= 4 is 19.4 Å². The van der Waals surface area contributed by atoms with Gasteiger partial charge in [0.2, 0.25) is 9.04 Å². The summed E-state index contributed by atoms with van der Waals surface area (Å²) < 4.78 is 24.0. The topological polar surface area (TPSA) is 36.9 Å². The van der Waals surface area contributed by atoms with Crippen molar-refractivity contribution in [2.45, 2.75) is 38.8 Å². The average molecular weight is 387 g/mol. The summed E-state index contributed by atoms with van der Waals surface area (Å²) >= 11 is 0. The minimum Gasteiger partial charge on any atom is -0.403 e. The Kier molecular flexibility index (Phi) is 7.61. The van der Waals surface area contributed by atoms with Crippen molar-refractivity contribution in [1.29, 1.82) is 0 Å². The molecule has 0 N–H and O–H groups in total. The molecular weight excluding hydrogens is 356 g/mol. The normalized spacial score (nSPS) is 22.6. The fourth-order valence-corrected chi connectivity index (χ4v) is 5.78. The van der Waals surface area contributed by atoms with E-state index in [4.69, 9.17) is 18.6 Å². The first-order valence-corrected chi connectivity index (χ1v) is 11.3. The summed E-state index contributed by atoms with van der Waals surface area (Å²) in [5.41, 5.74) is 0. The van der Waals surface area contributed by atoms with Crippen LogP contribution in [0.1, 0.15) is 20.3 Å². The van der Waals surface area contributed by atoms with Gasteiger partial charge in [-0.25, -0.2) is 0 Å². The second kappa shape index (κ2) is 10.2. The van der Waals surface area contributed by atoms with E-state index in [1.807, 2.05) is 12.1 Å². The van der Waals surface area contributed by atoms with Crippen LogP contribution in [0, 0.1) is 5.92 Å². The summed E-state index contributed by atoms with van der Waals surface area (Å²) in [5, 5.41) is 2.52. The molecule has 1 unspecified atom stereocenters. The molecule has 4 nitrogen and oxygen atoms in total. The quantitative estimate of drug-likeness (QED) is 0.620. The highest BCUT2D eigenvalue weighted by atomic mass is 28.3. The lowest BCUT2D eigenvalue weighted by atomic mass is 10.2. The molecule has 0 amide bonds. The van der Waals surface area contributed by atoms with Gasteiger partial charge in [0.1, 0.15) is 0 Å². The Labute approximate surface area is 164 Å². The van der Waals surface area contributed by atoms with E-state index in [0.717, 1.165) is 13.0 Å². The lowest BCUT2D eigenvalue weighted by molar-refractivity contribution is -0.152. The molecule has 1 heterocycles. The minimum absolute atomic E-state index is 0.0138. The van der Waals surface area contributed by atoms with E-state index < -0.39 is 9.04 Å². The molecule has 27 heavy (non-hydrogen) atoms. The molecule has 5 heteroatoms. The van der Waals surface area contributed by atoms with Crippen LogP contribution < -0.4 is 10.4 Å². The molecule has 0 radical (unpaired) electrons. The van der Waals surface area contributed by atoms with Crippen molar-refractivity contribution in [3.05, 3.63) is 60.7 Å². The fraction of sp³-hybridized carbons (Fsp3) is 0.455. The molecule has 3 atom stereocenters. The summed E-state index contributed by atoms with van der Waals surface area (Å²) in [6, 6.07) is 21.0. The van der Waals surface area contributed by atoms with E-state index in [1.165, 1.54) is 10.4 Å². The average Bonchev–Trinajstić information content (AvgIpc) is 3.09. The van der Waals surface area contributed by atoms with E-state index >= 15 is 0 Å². The Morgan fingerprint density at radius 1 is 1.00 bits per heavy atom. The van der Waals surface area contributed by atoms with Gasteiger partial charge in [-0.05, 0) is 16.3 Å². The molecule has 0 aliphatic carbocycles. The Morgan fingerprint density at radius 3 is 2.11 bits per heavy atom. The Morgan fingerprint density at radius 2 is 1.59 bits per heavy atom. The van der Waals surface area contributed by atoms with Crippen molar-refractivity contribution in [1.82, 2.24) is 0 Å². The van der Waals surface area contributed by atoms with Gasteiger partial charge in [-0.15, -0.1) is 0 Å². The van der Waals surface area contributed by atoms with Crippen LogP contribution >= 0.6 is 0 Å². The summed E-state index contributed by atoms with van der Waals surface area (Å²) in [6.45, 7) is 5.62. The zero-order valence-electron chi connectivity index (χ0n) is 16.4. The van der Waals surface area contributed by atoms with Crippen molar-refractivity contribution in [2.75, 3.05) is 20.3 Å². The van der Waals surface area contributed by atoms with Crippen LogP contribution in [0.25, 0.3) is 0 Å². The summed E-state index contributed by atoms with van der Waals surface area (Å²) in [4.78, 5) is 0. The zero-order valence-corrected chi connectivity index (χ0v) is 17.6. The predicted octanol–water partition coefficient (Wildman–Crippen LogP) is 2.34. The molecule has 3 rings (SSSR count). The van der Waals surface area contributed by atoms with E-state index in [2.05, 4.69) is 62.4 Å². The number of ether oxygens (including phenoxy) is 3. The second-order valence-corrected chi connectivity index (χ2v) is 9.77. The molecule has 0 saturated carbocycles. The molecular formula is C22H30O4Si. The molecule has 146 valence electrons. The standard InChI is InChI=1S/C22H30O4Si/c1-17(2)15-24-16-18-14-21(22(23-3)25-18)26-27(19-10-6-4-7-11-19)20-12-8-5-9-13-20/h4-13,17-18,21-22,27H,14-16H2,1-3H3/t18-,21+,22?/m0/s1. The van der Waals surface area contributed by atoms with E-state index in [0.29, 0.717) is 12.5 Å². The third kappa shape index (κ3) is 5.73. The van der Waals surface area contributed by atoms with Crippen molar-refractivity contribution in [3.8, 4) is 0 Å². The molecule has 0 bridgehead atoms. The van der Waals surface area contributed by atoms with Crippen molar-refractivity contribution in [2.24, 2.45) is 5.92 Å². The number of methoxy groups -OCH3 is 1. The maximum Gasteiger partial charge on any atom is 0.240 e. The van der Waals surface area contributed by atoms with Gasteiger partial charge in [-0.3, -0.25) is 0 Å². The van der Waals surface area contributed by atoms with Gasteiger partial charge in [0.25, 0.3) is 0 Å². The van der Waals surface area contributed by atoms with Gasteiger partial charge in [0, 0.05) is 20.1 Å². The van der Waals surface area contributed by atoms with Crippen LogP contribution in [0.15, 0.2) is 60.7 Å². The Hall–Kier alpha value is -1.50. The maximum atomic E-state index is 6.68. The van der Waals surface area contributed by atoms with Crippen LogP contribution in [0.5, 0.6) is 0 Å². The van der Waals surface area contributed by atoms with Crippen molar-refractivity contribution in [3.63, 3.8) is 0 Å². The molecule has 0 spiro atoms. The summed E-state index contributed by atoms with van der Waals surface area (Å²) in [6.07, 6.45) is 0.374. The number of rotatable bonds is 9. The lowest BCUT2D eigenvalue weighted by Gasteiger charge is -2.24. The molecule has 2 aromatic rings. The van der Waals surface area contributed by atoms with Crippen molar-refractivity contribution < 1.29 is 18.6 Å². The molecule has 1 saturated heterocycles. The predicted molar refractivity (Wildman–Crippen MR) is 110 cm³/mol. The van der Waals surface area contributed by atoms with Crippen LogP contribution in [-0.4, -0.2) is 47.9 Å². The molecule has 0 aromatic heterocycles. The van der Waals surface area contributed by atoms with Gasteiger partial charge >= 0.3 is 0 Å². The highest BCUT2D eigenvalue weighted by Gasteiger charge is 2.38. The largest absolute Gasteiger partial charge is 0.403 e. The van der Waals surface area contributed by atoms with E-state index in [-0.39, 0.29) is 18.5 Å². The first-order chi connectivity index (χ1) is 13.2. The molecule has 1 aliphatic heterocycles. The summed E-state index contributed by atoms with van der Waals surface area (Å²) in [7, 11) is -0.147. The number of hydrogen-bond donors (Lipinski definition) is 0. The highest BCUT2D eigenvalue weighted by molar-refractivity contribution is 6.80. The zero-order chi connectivity index (χ0) is 19.1. The first kappa shape index (κ1) is 20.2. The molecule has 1 aliphatic rings. The van der Waals surface area contributed by atoms with Crippen LogP contribution in [0.2, 0.25) is 0 Å². The van der Waals surface area contributed by atoms with E-state index in [9.17, 15) is 0 Å². The van der Waals surface area contributed by atoms with Gasteiger partial charge in [0.05, 0.1) is 18.8 Å². The monoisotopic (exact) mass is 386 g/mol. The van der Waals surface area contributed by atoms with Gasteiger partial charge in [0.15, 0.2) is 6.29 Å². The third-order valence-corrected chi connectivity index (χ3v) is 7.23. The molecule has 1 fully saturated rings. The Balaban J connectivity index is 1.71. The van der Waals surface area contributed by atoms with Gasteiger partial charge in [-0.2, -0.15) is 0 Å². The molecule has 2 aromatic carbocycles.